The number of sulfonamides is 1. The summed E-state index contributed by atoms with van der Waals surface area (Å²) in [7, 11) is -1.68. The van der Waals surface area contributed by atoms with Crippen molar-refractivity contribution in [1.29, 1.82) is 0 Å². The van der Waals surface area contributed by atoms with E-state index in [-0.39, 0.29) is 15.5 Å². The molecule has 2 rings (SSSR count). The average Bonchev–Trinajstić information content (AvgIpc) is 2.36. The lowest BCUT2D eigenvalue weighted by atomic mass is 10.0. The first kappa shape index (κ1) is 14.0. The lowest BCUT2D eigenvalue weighted by molar-refractivity contribution is -0.143. The van der Waals surface area contributed by atoms with Crippen molar-refractivity contribution in [3.8, 4) is 0 Å². The second-order valence-electron chi connectivity index (χ2n) is 3.95. The average molecular weight is 304 g/mol. The molecule has 1 atom stereocenters. The van der Waals surface area contributed by atoms with Crippen molar-refractivity contribution in [1.82, 2.24) is 4.31 Å². The number of fused-ring (bicyclic) bond motifs is 1. The first-order valence-corrected chi connectivity index (χ1v) is 7.02. The van der Waals surface area contributed by atoms with Gasteiger partial charge in [0.2, 0.25) is 10.0 Å². The predicted octanol–water partition coefficient (Wildman–Crippen LogP) is 0.698. The van der Waals surface area contributed by atoms with Crippen LogP contribution in [-0.2, 0) is 19.6 Å². The minimum absolute atomic E-state index is 0.0963. The van der Waals surface area contributed by atoms with Crippen LogP contribution in [0.5, 0.6) is 0 Å². The minimum Gasteiger partial charge on any atom is -0.467 e. The van der Waals surface area contributed by atoms with Crippen LogP contribution >= 0.6 is 11.6 Å². The van der Waals surface area contributed by atoms with E-state index in [2.05, 4.69) is 4.74 Å². The molecule has 0 saturated heterocycles. The number of likely N-dealkylation sites (N-methyl/N-ethyl adjacent to an activating group) is 1. The highest BCUT2D eigenvalue weighted by Gasteiger charge is 2.46. The lowest BCUT2D eigenvalue weighted by Crippen LogP contribution is -2.51. The number of carbonyl (C=O) groups is 2. The minimum atomic E-state index is -3.92. The van der Waals surface area contributed by atoms with Crippen LogP contribution in [0.15, 0.2) is 23.1 Å². The van der Waals surface area contributed by atoms with E-state index in [0.29, 0.717) is 4.31 Å². The van der Waals surface area contributed by atoms with Gasteiger partial charge in [0.15, 0.2) is 11.8 Å². The third kappa shape index (κ3) is 2.03. The van der Waals surface area contributed by atoms with Gasteiger partial charge in [0.1, 0.15) is 0 Å². The summed E-state index contributed by atoms with van der Waals surface area (Å²) in [5, 5.41) is 0.218. The number of ketones is 1. The molecule has 6 nitrogen and oxygen atoms in total. The Labute approximate surface area is 115 Å². The highest BCUT2D eigenvalue weighted by Crippen LogP contribution is 2.31. The van der Waals surface area contributed by atoms with Crippen LogP contribution < -0.4 is 0 Å². The van der Waals surface area contributed by atoms with Gasteiger partial charge >= 0.3 is 5.97 Å². The van der Waals surface area contributed by atoms with E-state index in [1.807, 2.05) is 0 Å². The van der Waals surface area contributed by atoms with E-state index in [0.717, 1.165) is 14.2 Å². The molecule has 8 heteroatoms. The van der Waals surface area contributed by atoms with Crippen LogP contribution in [0.25, 0.3) is 0 Å². The Morgan fingerprint density at radius 2 is 2.05 bits per heavy atom. The molecule has 0 spiro atoms. The van der Waals surface area contributed by atoms with Gasteiger partial charge in [-0.1, -0.05) is 11.6 Å². The number of methoxy groups -OCH3 is 1. The molecule has 0 saturated carbocycles. The fourth-order valence-electron chi connectivity index (χ4n) is 1.89. The summed E-state index contributed by atoms with van der Waals surface area (Å²) in [5.41, 5.74) is -0.0963. The van der Waals surface area contributed by atoms with Gasteiger partial charge in [0.25, 0.3) is 0 Å². The molecule has 0 N–H and O–H groups in total. The first-order valence-electron chi connectivity index (χ1n) is 5.20. The molecule has 0 fully saturated rings. The maximum atomic E-state index is 12.2. The number of benzene rings is 1. The van der Waals surface area contributed by atoms with Crippen LogP contribution in [0.4, 0.5) is 0 Å². The smallest absolute Gasteiger partial charge is 0.332 e. The molecule has 0 aliphatic carbocycles. The van der Waals surface area contributed by atoms with Gasteiger partial charge in [-0.05, 0) is 18.2 Å². The van der Waals surface area contributed by atoms with Gasteiger partial charge < -0.3 is 4.74 Å². The van der Waals surface area contributed by atoms with E-state index in [4.69, 9.17) is 11.6 Å². The summed E-state index contributed by atoms with van der Waals surface area (Å²) < 4.78 is 29.6. The molecule has 1 unspecified atom stereocenters. The second-order valence-corrected chi connectivity index (χ2v) is 6.35. The Bertz CT molecular complexity index is 670. The Hall–Kier alpha value is -1.44. The molecule has 19 heavy (non-hydrogen) atoms. The van der Waals surface area contributed by atoms with Gasteiger partial charge in [-0.15, -0.1) is 0 Å². The number of ether oxygens (including phenoxy) is 1. The SMILES string of the molecule is COC(=O)C1C(=O)c2cc(Cl)ccc2S(=O)(=O)N1C. The number of carbonyl (C=O) groups excluding carboxylic acids is 2. The third-order valence-electron chi connectivity index (χ3n) is 2.90. The Balaban J connectivity index is 2.72. The molecular weight excluding hydrogens is 294 g/mol. The van der Waals surface area contributed by atoms with Crippen LogP contribution in [0.1, 0.15) is 10.4 Å². The molecule has 1 aliphatic rings. The number of esters is 1. The van der Waals surface area contributed by atoms with Gasteiger partial charge in [-0.25, -0.2) is 13.2 Å². The summed E-state index contributed by atoms with van der Waals surface area (Å²) in [6, 6.07) is 2.34. The predicted molar refractivity (Wildman–Crippen MR) is 66.5 cm³/mol. The highest BCUT2D eigenvalue weighted by atomic mass is 35.5. The monoisotopic (exact) mass is 303 g/mol. The maximum Gasteiger partial charge on any atom is 0.332 e. The third-order valence-corrected chi connectivity index (χ3v) is 5.02. The van der Waals surface area contributed by atoms with Crippen LogP contribution in [0, 0.1) is 0 Å². The number of hydrogen-bond donors (Lipinski definition) is 0. The first-order chi connectivity index (χ1) is 8.80. The van der Waals surface area contributed by atoms with Gasteiger partial charge in [0.05, 0.1) is 12.0 Å². The molecule has 0 radical (unpaired) electrons. The molecule has 102 valence electrons. The second kappa shape index (κ2) is 4.59. The van der Waals surface area contributed by atoms with Crippen LogP contribution in [0.2, 0.25) is 5.02 Å². The summed E-state index contributed by atoms with van der Waals surface area (Å²) in [4.78, 5) is 23.6. The topological polar surface area (TPSA) is 80.8 Å². The summed E-state index contributed by atoms with van der Waals surface area (Å²) >= 11 is 5.76. The molecular formula is C11H10ClNO5S. The van der Waals surface area contributed by atoms with Crippen molar-refractivity contribution in [3.05, 3.63) is 28.8 Å². The zero-order chi connectivity index (χ0) is 14.4. The number of halogens is 1. The molecule has 1 heterocycles. The quantitative estimate of drug-likeness (QED) is 0.563. The van der Waals surface area contributed by atoms with Crippen molar-refractivity contribution in [2.75, 3.05) is 14.2 Å². The lowest BCUT2D eigenvalue weighted by Gasteiger charge is -2.30. The number of nitrogens with zero attached hydrogens (tertiary/aromatic N) is 1. The molecule has 1 aromatic carbocycles. The van der Waals surface area contributed by atoms with E-state index >= 15 is 0 Å². The van der Waals surface area contributed by atoms with Crippen molar-refractivity contribution >= 4 is 33.4 Å². The van der Waals surface area contributed by atoms with E-state index in [9.17, 15) is 18.0 Å². The van der Waals surface area contributed by atoms with E-state index in [1.165, 1.54) is 18.2 Å². The van der Waals surface area contributed by atoms with Gasteiger partial charge in [0, 0.05) is 17.6 Å². The molecule has 1 aromatic rings. The normalized spacial score (nSPS) is 21.8. The molecule has 0 bridgehead atoms. The largest absolute Gasteiger partial charge is 0.467 e. The number of rotatable bonds is 1. The summed E-state index contributed by atoms with van der Waals surface area (Å²) in [5.74, 6) is -1.58. The molecule has 0 aromatic heterocycles. The Morgan fingerprint density at radius 3 is 2.63 bits per heavy atom. The van der Waals surface area contributed by atoms with Crippen molar-refractivity contribution in [2.45, 2.75) is 10.9 Å². The van der Waals surface area contributed by atoms with Crippen LogP contribution in [0.3, 0.4) is 0 Å². The standard InChI is InChI=1S/C11H10ClNO5S/c1-13-9(11(15)18-2)10(14)7-5-6(12)3-4-8(7)19(13,16)17/h3-5,9H,1-2H3. The van der Waals surface area contributed by atoms with Gasteiger partial charge in [-0.2, -0.15) is 4.31 Å². The van der Waals surface area contributed by atoms with Crippen LogP contribution in [-0.4, -0.2) is 44.7 Å². The number of hydrogen-bond acceptors (Lipinski definition) is 5. The van der Waals surface area contributed by atoms with Gasteiger partial charge in [-0.3, -0.25) is 4.79 Å². The van der Waals surface area contributed by atoms with Crippen molar-refractivity contribution in [3.63, 3.8) is 0 Å². The van der Waals surface area contributed by atoms with E-state index < -0.39 is 27.8 Å². The van der Waals surface area contributed by atoms with E-state index in [1.54, 1.807) is 0 Å². The zero-order valence-corrected chi connectivity index (χ0v) is 11.7. The highest BCUT2D eigenvalue weighted by molar-refractivity contribution is 7.89. The molecule has 1 aliphatic heterocycles. The Kier molecular flexibility index (Phi) is 3.38. The Morgan fingerprint density at radius 1 is 1.42 bits per heavy atom. The zero-order valence-electron chi connectivity index (χ0n) is 10.1. The maximum absolute atomic E-state index is 12.2. The fraction of sp³-hybridized carbons (Fsp3) is 0.273. The van der Waals surface area contributed by atoms with Crippen molar-refractivity contribution < 1.29 is 22.7 Å². The van der Waals surface area contributed by atoms with Crippen molar-refractivity contribution in [2.24, 2.45) is 0 Å². The fourth-order valence-corrected chi connectivity index (χ4v) is 3.51. The summed E-state index contributed by atoms with van der Waals surface area (Å²) in [6.45, 7) is 0. The number of Topliss-reactive ketones (excluding diaryl/α,β-unsaturated/α-hetero) is 1. The summed E-state index contributed by atoms with van der Waals surface area (Å²) in [6.07, 6.45) is 0. The molecule has 0 amide bonds.